The molecule has 19 heavy (non-hydrogen) atoms. The van der Waals surface area contributed by atoms with Gasteiger partial charge in [0.2, 0.25) is 0 Å². The summed E-state index contributed by atoms with van der Waals surface area (Å²) >= 11 is 0. The Morgan fingerprint density at radius 3 is 2.47 bits per heavy atom. The van der Waals surface area contributed by atoms with Gasteiger partial charge in [-0.15, -0.1) is 0 Å². The van der Waals surface area contributed by atoms with Crippen LogP contribution in [-0.4, -0.2) is 30.6 Å². The van der Waals surface area contributed by atoms with Crippen LogP contribution < -0.4 is 0 Å². The maximum Gasteiger partial charge on any atom is 0.148 e. The van der Waals surface area contributed by atoms with E-state index in [1.807, 2.05) is 55.4 Å². The van der Waals surface area contributed by atoms with Gasteiger partial charge in [0.15, 0.2) is 0 Å². The molecule has 0 saturated carbocycles. The molecule has 0 aliphatic rings. The summed E-state index contributed by atoms with van der Waals surface area (Å²) in [5, 5.41) is 12.8. The van der Waals surface area contributed by atoms with Crippen LogP contribution in [-0.2, 0) is 5.60 Å². The molecule has 2 heteroatoms. The van der Waals surface area contributed by atoms with E-state index in [1.165, 1.54) is 5.39 Å². The van der Waals surface area contributed by atoms with E-state index in [2.05, 4.69) is 17.9 Å². The number of hydrogen-bond acceptors (Lipinski definition) is 2. The van der Waals surface area contributed by atoms with E-state index in [1.54, 1.807) is 6.92 Å². The van der Waals surface area contributed by atoms with Crippen molar-refractivity contribution < 1.29 is 5.11 Å². The molecule has 0 saturated heterocycles. The standard InChI is InChI=1S/C17H19NO/c1-17(19,11-6-12-18(2)3)16-10-9-14-7-4-5-8-15(14)13-16/h4-5,7-10,13,19H,12H2,1-3H3. The summed E-state index contributed by atoms with van der Waals surface area (Å²) in [5.74, 6) is 5.93. The third kappa shape index (κ3) is 3.35. The van der Waals surface area contributed by atoms with Crippen LogP contribution in [0.25, 0.3) is 10.8 Å². The minimum Gasteiger partial charge on any atom is -0.374 e. The summed E-state index contributed by atoms with van der Waals surface area (Å²) in [5.41, 5.74) is -0.280. The maximum absolute atomic E-state index is 10.5. The van der Waals surface area contributed by atoms with E-state index in [-0.39, 0.29) is 0 Å². The van der Waals surface area contributed by atoms with Gasteiger partial charge in [0.25, 0.3) is 0 Å². The summed E-state index contributed by atoms with van der Waals surface area (Å²) in [4.78, 5) is 1.98. The zero-order valence-corrected chi connectivity index (χ0v) is 11.6. The van der Waals surface area contributed by atoms with E-state index in [0.717, 1.165) is 10.9 Å². The lowest BCUT2D eigenvalue weighted by molar-refractivity contribution is 0.122. The molecule has 2 aromatic rings. The monoisotopic (exact) mass is 253 g/mol. The Labute approximate surface area is 114 Å². The van der Waals surface area contributed by atoms with Crippen LogP contribution >= 0.6 is 0 Å². The van der Waals surface area contributed by atoms with Crippen molar-refractivity contribution in [2.75, 3.05) is 20.6 Å². The predicted molar refractivity (Wildman–Crippen MR) is 79.8 cm³/mol. The summed E-state index contributed by atoms with van der Waals surface area (Å²) in [6.45, 7) is 2.38. The summed E-state index contributed by atoms with van der Waals surface area (Å²) < 4.78 is 0. The Kier molecular flexibility index (Phi) is 3.90. The van der Waals surface area contributed by atoms with Crippen LogP contribution in [0.2, 0.25) is 0 Å². The fraction of sp³-hybridized carbons (Fsp3) is 0.294. The first-order valence-electron chi connectivity index (χ1n) is 6.35. The molecule has 98 valence electrons. The first-order valence-corrected chi connectivity index (χ1v) is 6.35. The van der Waals surface area contributed by atoms with Gasteiger partial charge in [0, 0.05) is 0 Å². The smallest absolute Gasteiger partial charge is 0.148 e. The number of nitrogens with zero attached hydrogens (tertiary/aromatic N) is 1. The van der Waals surface area contributed by atoms with Gasteiger partial charge in [-0.1, -0.05) is 48.2 Å². The van der Waals surface area contributed by atoms with Gasteiger partial charge in [-0.05, 0) is 43.4 Å². The average Bonchev–Trinajstić information content (AvgIpc) is 2.37. The summed E-state index contributed by atoms with van der Waals surface area (Å²) in [6, 6.07) is 14.1. The number of rotatable bonds is 2. The fourth-order valence-corrected chi connectivity index (χ4v) is 1.93. The Morgan fingerprint density at radius 2 is 1.79 bits per heavy atom. The third-order valence-corrected chi connectivity index (χ3v) is 3.04. The Morgan fingerprint density at radius 1 is 1.11 bits per heavy atom. The quantitative estimate of drug-likeness (QED) is 0.832. The molecule has 0 heterocycles. The van der Waals surface area contributed by atoms with Crippen LogP contribution in [0.15, 0.2) is 42.5 Å². The molecular weight excluding hydrogens is 234 g/mol. The molecular formula is C17H19NO. The van der Waals surface area contributed by atoms with Crippen molar-refractivity contribution in [1.82, 2.24) is 4.90 Å². The molecule has 0 aliphatic heterocycles. The Bertz CT molecular complexity index is 632. The highest BCUT2D eigenvalue weighted by Crippen LogP contribution is 2.24. The fourth-order valence-electron chi connectivity index (χ4n) is 1.93. The molecule has 1 unspecified atom stereocenters. The van der Waals surface area contributed by atoms with E-state index in [9.17, 15) is 5.11 Å². The lowest BCUT2D eigenvalue weighted by Crippen LogP contribution is -2.19. The molecule has 0 aromatic heterocycles. The molecule has 0 fully saturated rings. The van der Waals surface area contributed by atoms with Crippen molar-refractivity contribution >= 4 is 10.8 Å². The molecule has 2 rings (SSSR count). The first kappa shape index (κ1) is 13.6. The van der Waals surface area contributed by atoms with Crippen LogP contribution in [0.5, 0.6) is 0 Å². The van der Waals surface area contributed by atoms with Crippen molar-refractivity contribution in [2.24, 2.45) is 0 Å². The van der Waals surface area contributed by atoms with Crippen molar-refractivity contribution in [3.63, 3.8) is 0 Å². The molecule has 0 aliphatic carbocycles. The van der Waals surface area contributed by atoms with Crippen LogP contribution in [0.1, 0.15) is 12.5 Å². The van der Waals surface area contributed by atoms with Gasteiger partial charge in [0.05, 0.1) is 6.54 Å². The summed E-state index contributed by atoms with van der Waals surface area (Å²) in [7, 11) is 3.92. The molecule has 1 atom stereocenters. The minimum atomic E-state index is -1.11. The largest absolute Gasteiger partial charge is 0.374 e. The van der Waals surface area contributed by atoms with Gasteiger partial charge in [-0.2, -0.15) is 0 Å². The maximum atomic E-state index is 10.5. The number of hydrogen-bond donors (Lipinski definition) is 1. The van der Waals surface area contributed by atoms with Crippen LogP contribution in [0.3, 0.4) is 0 Å². The second-order valence-electron chi connectivity index (χ2n) is 5.17. The SMILES string of the molecule is CN(C)CC#CC(C)(O)c1ccc2ccccc2c1. The van der Waals surface area contributed by atoms with Crippen molar-refractivity contribution in [1.29, 1.82) is 0 Å². The minimum absolute atomic E-state index is 0.643. The highest BCUT2D eigenvalue weighted by molar-refractivity contribution is 5.83. The van der Waals surface area contributed by atoms with Gasteiger partial charge in [-0.3, -0.25) is 4.90 Å². The number of fused-ring (bicyclic) bond motifs is 1. The van der Waals surface area contributed by atoms with Crippen molar-refractivity contribution in [3.8, 4) is 11.8 Å². The molecule has 0 bridgehead atoms. The average molecular weight is 253 g/mol. The highest BCUT2D eigenvalue weighted by Gasteiger charge is 2.19. The zero-order valence-electron chi connectivity index (χ0n) is 11.6. The molecule has 2 aromatic carbocycles. The van der Waals surface area contributed by atoms with E-state index < -0.39 is 5.60 Å². The first-order chi connectivity index (χ1) is 8.99. The highest BCUT2D eigenvalue weighted by atomic mass is 16.3. The van der Waals surface area contributed by atoms with Crippen molar-refractivity contribution in [3.05, 3.63) is 48.0 Å². The van der Waals surface area contributed by atoms with Crippen LogP contribution in [0, 0.1) is 11.8 Å². The zero-order chi connectivity index (χ0) is 13.9. The van der Waals surface area contributed by atoms with E-state index in [4.69, 9.17) is 0 Å². The number of aliphatic hydroxyl groups is 1. The lowest BCUT2D eigenvalue weighted by Gasteiger charge is -2.17. The molecule has 2 nitrogen and oxygen atoms in total. The van der Waals surface area contributed by atoms with Gasteiger partial charge < -0.3 is 5.11 Å². The molecule has 0 amide bonds. The second kappa shape index (κ2) is 5.44. The number of benzene rings is 2. The second-order valence-corrected chi connectivity index (χ2v) is 5.17. The van der Waals surface area contributed by atoms with E-state index >= 15 is 0 Å². The van der Waals surface area contributed by atoms with E-state index in [0.29, 0.717) is 6.54 Å². The molecule has 1 N–H and O–H groups in total. The lowest BCUT2D eigenvalue weighted by atomic mass is 9.94. The van der Waals surface area contributed by atoms with Gasteiger partial charge in [0.1, 0.15) is 5.60 Å². The molecule has 0 radical (unpaired) electrons. The summed E-state index contributed by atoms with van der Waals surface area (Å²) in [6.07, 6.45) is 0. The van der Waals surface area contributed by atoms with Gasteiger partial charge >= 0.3 is 0 Å². The van der Waals surface area contributed by atoms with Crippen LogP contribution in [0.4, 0.5) is 0 Å². The topological polar surface area (TPSA) is 23.5 Å². The van der Waals surface area contributed by atoms with Crippen molar-refractivity contribution in [2.45, 2.75) is 12.5 Å². The Hall–Kier alpha value is -1.82. The predicted octanol–water partition coefficient (Wildman–Crippen LogP) is 2.61. The molecule has 0 spiro atoms. The Balaban J connectivity index is 2.33. The third-order valence-electron chi connectivity index (χ3n) is 3.04. The normalized spacial score (nSPS) is 13.9. The van der Waals surface area contributed by atoms with Gasteiger partial charge in [-0.25, -0.2) is 0 Å².